The number of hydrogen-bond acceptors (Lipinski definition) is 3. The number of sulfone groups is 1. The van der Waals surface area contributed by atoms with Gasteiger partial charge < -0.3 is 5.32 Å². The fourth-order valence-corrected chi connectivity index (χ4v) is 5.52. The highest BCUT2D eigenvalue weighted by Gasteiger charge is 2.28. The molecule has 3 rings (SSSR count). The second kappa shape index (κ2) is 6.41. The third kappa shape index (κ3) is 3.69. The van der Waals surface area contributed by atoms with E-state index in [-0.39, 0.29) is 23.3 Å². The fourth-order valence-electron chi connectivity index (χ4n) is 3.65. The predicted octanol–water partition coefficient (Wildman–Crippen LogP) is 2.05. The van der Waals surface area contributed by atoms with Crippen molar-refractivity contribution in [2.45, 2.75) is 38.0 Å². The largest absolute Gasteiger partial charge is 0.356 e. The summed E-state index contributed by atoms with van der Waals surface area (Å²) in [6, 6.07) is 8.39. The van der Waals surface area contributed by atoms with E-state index >= 15 is 0 Å². The van der Waals surface area contributed by atoms with Crippen LogP contribution in [0.1, 0.15) is 42.7 Å². The van der Waals surface area contributed by atoms with Gasteiger partial charge in [0.25, 0.3) is 0 Å². The van der Waals surface area contributed by atoms with Crippen molar-refractivity contribution >= 4 is 15.7 Å². The maximum absolute atomic E-state index is 12.2. The van der Waals surface area contributed by atoms with Crippen LogP contribution in [-0.4, -0.2) is 32.4 Å². The zero-order valence-corrected chi connectivity index (χ0v) is 13.6. The molecule has 0 aromatic heterocycles. The van der Waals surface area contributed by atoms with Gasteiger partial charge in [0.15, 0.2) is 9.84 Å². The van der Waals surface area contributed by atoms with Crippen molar-refractivity contribution in [1.82, 2.24) is 5.32 Å². The first-order chi connectivity index (χ1) is 10.5. The summed E-state index contributed by atoms with van der Waals surface area (Å²) >= 11 is 0. The summed E-state index contributed by atoms with van der Waals surface area (Å²) in [4.78, 5) is 12.2. The van der Waals surface area contributed by atoms with Crippen LogP contribution < -0.4 is 5.32 Å². The van der Waals surface area contributed by atoms with E-state index in [1.165, 1.54) is 11.1 Å². The Balaban J connectivity index is 1.53. The molecule has 1 aromatic rings. The number of aryl methyl sites for hydroxylation is 1. The predicted molar refractivity (Wildman–Crippen MR) is 86.5 cm³/mol. The monoisotopic (exact) mass is 321 g/mol. The zero-order chi connectivity index (χ0) is 15.6. The Morgan fingerprint density at radius 3 is 2.82 bits per heavy atom. The second-order valence-electron chi connectivity index (χ2n) is 6.57. The van der Waals surface area contributed by atoms with Gasteiger partial charge in [-0.2, -0.15) is 0 Å². The number of carbonyl (C=O) groups excluding carboxylic acids is 1. The normalized spacial score (nSPS) is 26.4. The Morgan fingerprint density at radius 2 is 2.05 bits per heavy atom. The first-order valence-electron chi connectivity index (χ1n) is 8.08. The van der Waals surface area contributed by atoms with Crippen LogP contribution >= 0.6 is 0 Å². The Kier molecular flexibility index (Phi) is 4.52. The van der Waals surface area contributed by atoms with Crippen molar-refractivity contribution in [2.24, 2.45) is 5.92 Å². The van der Waals surface area contributed by atoms with E-state index in [1.54, 1.807) is 0 Å². The Morgan fingerprint density at radius 1 is 1.23 bits per heavy atom. The summed E-state index contributed by atoms with van der Waals surface area (Å²) < 4.78 is 22.9. The molecule has 120 valence electrons. The summed E-state index contributed by atoms with van der Waals surface area (Å²) in [6.07, 6.45) is 4.48. The highest BCUT2D eigenvalue weighted by molar-refractivity contribution is 7.91. The molecular formula is C17H23NO3S. The van der Waals surface area contributed by atoms with Crippen LogP contribution in [-0.2, 0) is 21.1 Å². The van der Waals surface area contributed by atoms with Crippen molar-refractivity contribution in [2.75, 3.05) is 18.1 Å². The molecule has 0 spiro atoms. The molecule has 0 unspecified atom stereocenters. The second-order valence-corrected chi connectivity index (χ2v) is 8.79. The van der Waals surface area contributed by atoms with Crippen LogP contribution in [0, 0.1) is 5.92 Å². The summed E-state index contributed by atoms with van der Waals surface area (Å²) in [5, 5.41) is 2.94. The van der Waals surface area contributed by atoms with Gasteiger partial charge in [0, 0.05) is 13.0 Å². The highest BCUT2D eigenvalue weighted by Crippen LogP contribution is 2.33. The van der Waals surface area contributed by atoms with Crippen LogP contribution in [0.25, 0.3) is 0 Å². The number of hydrogen-bond donors (Lipinski definition) is 1. The van der Waals surface area contributed by atoms with Crippen LogP contribution in [0.5, 0.6) is 0 Å². The lowest BCUT2D eigenvalue weighted by atomic mass is 9.81. The van der Waals surface area contributed by atoms with E-state index in [1.807, 2.05) is 6.07 Å². The number of nitrogens with one attached hydrogen (secondary N) is 1. The number of carbonyl (C=O) groups is 1. The van der Waals surface area contributed by atoms with E-state index < -0.39 is 9.84 Å². The molecule has 1 aromatic carbocycles. The van der Waals surface area contributed by atoms with Gasteiger partial charge in [-0.3, -0.25) is 4.79 Å². The van der Waals surface area contributed by atoms with Gasteiger partial charge in [0.05, 0.1) is 11.5 Å². The number of rotatable bonds is 4. The summed E-state index contributed by atoms with van der Waals surface area (Å²) in [7, 11) is -2.86. The molecular weight excluding hydrogens is 298 g/mol. The average Bonchev–Trinajstić information content (AvgIpc) is 2.85. The van der Waals surface area contributed by atoms with Gasteiger partial charge in [-0.15, -0.1) is 0 Å². The van der Waals surface area contributed by atoms with E-state index in [4.69, 9.17) is 0 Å². The van der Waals surface area contributed by atoms with Crippen LogP contribution in [0.15, 0.2) is 24.3 Å². The molecule has 5 heteroatoms. The third-order valence-corrected chi connectivity index (χ3v) is 6.68. The van der Waals surface area contributed by atoms with Crippen molar-refractivity contribution in [1.29, 1.82) is 0 Å². The summed E-state index contributed by atoms with van der Waals surface area (Å²) in [5.74, 6) is 0.930. The zero-order valence-electron chi connectivity index (χ0n) is 12.8. The Hall–Kier alpha value is -1.36. The van der Waals surface area contributed by atoms with Gasteiger partial charge in [-0.25, -0.2) is 8.42 Å². The van der Waals surface area contributed by atoms with Gasteiger partial charge in [0.2, 0.25) is 5.91 Å². The number of amides is 1. The lowest BCUT2D eigenvalue weighted by Crippen LogP contribution is -2.31. The third-order valence-electron chi connectivity index (χ3n) is 4.84. The lowest BCUT2D eigenvalue weighted by molar-refractivity contribution is -0.121. The average molecular weight is 321 g/mol. The minimum Gasteiger partial charge on any atom is -0.356 e. The summed E-state index contributed by atoms with van der Waals surface area (Å²) in [6.45, 7) is 0.492. The molecule has 2 atom stereocenters. The summed E-state index contributed by atoms with van der Waals surface area (Å²) in [5.41, 5.74) is 2.68. The molecule has 1 saturated heterocycles. The molecule has 2 aliphatic rings. The van der Waals surface area contributed by atoms with Crippen molar-refractivity contribution < 1.29 is 13.2 Å². The first kappa shape index (κ1) is 15.5. The molecule has 1 N–H and O–H groups in total. The molecule has 1 fully saturated rings. The van der Waals surface area contributed by atoms with Gasteiger partial charge >= 0.3 is 0 Å². The maximum atomic E-state index is 12.2. The highest BCUT2D eigenvalue weighted by atomic mass is 32.2. The smallest absolute Gasteiger partial charge is 0.220 e. The molecule has 4 nitrogen and oxygen atoms in total. The maximum Gasteiger partial charge on any atom is 0.220 e. The van der Waals surface area contributed by atoms with E-state index in [2.05, 4.69) is 23.5 Å². The Labute approximate surface area is 132 Å². The van der Waals surface area contributed by atoms with Crippen LogP contribution in [0.4, 0.5) is 0 Å². The molecule has 0 saturated carbocycles. The standard InChI is InChI=1S/C17H23NO3S/c19-17(18-11-13-8-9-22(20,21)12-13)10-15-6-3-5-14-4-1-2-7-16(14)15/h1-2,4,7,13,15H,3,5-6,8-12H2,(H,18,19)/t13-,15+/m0/s1. The van der Waals surface area contributed by atoms with Gasteiger partial charge in [-0.05, 0) is 48.6 Å². The number of fused-ring (bicyclic) bond motifs is 1. The van der Waals surface area contributed by atoms with Gasteiger partial charge in [-0.1, -0.05) is 24.3 Å². The lowest BCUT2D eigenvalue weighted by Gasteiger charge is -2.25. The fraction of sp³-hybridized carbons (Fsp3) is 0.588. The molecule has 0 radical (unpaired) electrons. The SMILES string of the molecule is O=C(C[C@H]1CCCc2ccccc21)NC[C@@H]1CCS(=O)(=O)C1. The van der Waals surface area contributed by atoms with Crippen molar-refractivity contribution in [3.05, 3.63) is 35.4 Å². The quantitative estimate of drug-likeness (QED) is 0.923. The molecule has 0 bridgehead atoms. The van der Waals surface area contributed by atoms with E-state index in [0.29, 0.717) is 25.3 Å². The van der Waals surface area contributed by atoms with Crippen LogP contribution in [0.2, 0.25) is 0 Å². The van der Waals surface area contributed by atoms with E-state index in [0.717, 1.165) is 19.3 Å². The minimum absolute atomic E-state index is 0.0472. The Bertz CT molecular complexity index is 654. The molecule has 1 amide bonds. The van der Waals surface area contributed by atoms with Gasteiger partial charge in [0.1, 0.15) is 0 Å². The molecule has 22 heavy (non-hydrogen) atoms. The number of benzene rings is 1. The molecule has 1 aliphatic carbocycles. The first-order valence-corrected chi connectivity index (χ1v) is 9.90. The van der Waals surface area contributed by atoms with Crippen molar-refractivity contribution in [3.63, 3.8) is 0 Å². The minimum atomic E-state index is -2.86. The molecule has 1 aliphatic heterocycles. The molecule has 1 heterocycles. The van der Waals surface area contributed by atoms with Crippen LogP contribution in [0.3, 0.4) is 0 Å². The van der Waals surface area contributed by atoms with Crippen molar-refractivity contribution in [3.8, 4) is 0 Å². The topological polar surface area (TPSA) is 63.2 Å². The van der Waals surface area contributed by atoms with E-state index in [9.17, 15) is 13.2 Å².